The molecule has 6 rings (SSSR count). The fraction of sp³-hybridized carbons (Fsp3) is 0.429. The summed E-state index contributed by atoms with van der Waals surface area (Å²) in [6.45, 7) is 0.263. The van der Waals surface area contributed by atoms with Crippen LogP contribution in [-0.2, 0) is 11.0 Å². The van der Waals surface area contributed by atoms with Gasteiger partial charge in [-0.05, 0) is 61.1 Å². The van der Waals surface area contributed by atoms with Gasteiger partial charge in [0.15, 0.2) is 0 Å². The van der Waals surface area contributed by atoms with Gasteiger partial charge in [-0.1, -0.05) is 42.6 Å². The summed E-state index contributed by atoms with van der Waals surface area (Å²) < 4.78 is 54.6. The summed E-state index contributed by atoms with van der Waals surface area (Å²) in [5, 5.41) is 3.61. The van der Waals surface area contributed by atoms with Gasteiger partial charge in [0.05, 0.1) is 17.0 Å². The van der Waals surface area contributed by atoms with Crippen molar-refractivity contribution in [2.45, 2.75) is 61.9 Å². The van der Waals surface area contributed by atoms with E-state index in [0.29, 0.717) is 23.8 Å². The van der Waals surface area contributed by atoms with Gasteiger partial charge in [-0.2, -0.15) is 13.2 Å². The summed E-state index contributed by atoms with van der Waals surface area (Å²) in [4.78, 5) is 9.72. The minimum atomic E-state index is -4.73. The van der Waals surface area contributed by atoms with Crippen LogP contribution < -0.4 is 0 Å². The van der Waals surface area contributed by atoms with E-state index in [-0.39, 0.29) is 25.0 Å². The Morgan fingerprint density at radius 2 is 1.69 bits per heavy atom. The molecule has 39 heavy (non-hydrogen) atoms. The van der Waals surface area contributed by atoms with Crippen molar-refractivity contribution in [3.63, 3.8) is 0 Å². The van der Waals surface area contributed by atoms with Crippen molar-refractivity contribution in [3.05, 3.63) is 81.0 Å². The predicted octanol–water partition coefficient (Wildman–Crippen LogP) is 7.80. The Morgan fingerprint density at radius 3 is 2.33 bits per heavy atom. The van der Waals surface area contributed by atoms with Crippen LogP contribution in [0.5, 0.6) is 0 Å². The molecule has 2 fully saturated rings. The van der Waals surface area contributed by atoms with Gasteiger partial charge in [0.1, 0.15) is 10.8 Å². The first kappa shape index (κ1) is 26.9. The van der Waals surface area contributed by atoms with Crippen molar-refractivity contribution >= 4 is 45.0 Å². The van der Waals surface area contributed by atoms with Crippen molar-refractivity contribution in [1.82, 2.24) is 18.8 Å². The monoisotopic (exact) mass is 592 g/mol. The van der Waals surface area contributed by atoms with Crippen molar-refractivity contribution in [2.24, 2.45) is 0 Å². The largest absolute Gasteiger partial charge is 0.485 e. The third-order valence-corrected chi connectivity index (χ3v) is 10.2. The van der Waals surface area contributed by atoms with Crippen LogP contribution >= 0.6 is 22.9 Å². The number of piperidine rings is 1. The minimum Gasteiger partial charge on any atom is -0.325 e. The van der Waals surface area contributed by atoms with Crippen molar-refractivity contribution in [3.8, 4) is 0 Å². The van der Waals surface area contributed by atoms with E-state index in [2.05, 4.69) is 27.8 Å². The number of nitrogens with zero attached hydrogens (tertiary/aromatic N) is 4. The molecule has 2 aromatic heterocycles. The SMILES string of the molecule is O=S(N1CCC(n2c(C3CCCC3)nc3ccc(C(c4ccc(Cl)cc4)c4nccs4)cc32)CC1)C(F)(F)F. The van der Waals surface area contributed by atoms with Crippen LogP contribution in [-0.4, -0.2) is 41.6 Å². The summed E-state index contributed by atoms with van der Waals surface area (Å²) in [5.74, 6) is 1.29. The third-order valence-electron chi connectivity index (χ3n) is 7.92. The van der Waals surface area contributed by atoms with Crippen LogP contribution in [0.1, 0.15) is 78.4 Å². The summed E-state index contributed by atoms with van der Waals surface area (Å²) in [5.41, 5.74) is -0.671. The first-order valence-corrected chi connectivity index (χ1v) is 15.6. The lowest BCUT2D eigenvalue weighted by Crippen LogP contribution is -2.41. The first-order chi connectivity index (χ1) is 18.8. The summed E-state index contributed by atoms with van der Waals surface area (Å²) in [6, 6.07) is 14.2. The second-order valence-corrected chi connectivity index (χ2v) is 13.1. The number of aromatic nitrogens is 3. The van der Waals surface area contributed by atoms with E-state index in [1.165, 1.54) is 0 Å². The predicted molar refractivity (Wildman–Crippen MR) is 149 cm³/mol. The molecular formula is C28H28ClF3N4OS2. The van der Waals surface area contributed by atoms with Crippen LogP contribution in [0, 0.1) is 0 Å². The average Bonchev–Trinajstić information content (AvgIpc) is 3.70. The molecule has 1 saturated carbocycles. The molecule has 5 nitrogen and oxygen atoms in total. The lowest BCUT2D eigenvalue weighted by atomic mass is 9.91. The normalized spacial score (nSPS) is 19.6. The van der Waals surface area contributed by atoms with Gasteiger partial charge >= 0.3 is 5.51 Å². The molecule has 0 radical (unpaired) electrons. The second-order valence-electron chi connectivity index (χ2n) is 10.3. The van der Waals surface area contributed by atoms with Gasteiger partial charge in [-0.3, -0.25) is 0 Å². The summed E-state index contributed by atoms with van der Waals surface area (Å²) in [7, 11) is -2.98. The molecule has 1 saturated heterocycles. The summed E-state index contributed by atoms with van der Waals surface area (Å²) >= 11 is 7.78. The van der Waals surface area contributed by atoms with Gasteiger partial charge in [0, 0.05) is 41.6 Å². The molecule has 2 atom stereocenters. The molecule has 0 N–H and O–H groups in total. The van der Waals surface area contributed by atoms with Crippen molar-refractivity contribution in [1.29, 1.82) is 0 Å². The Morgan fingerprint density at radius 1 is 1.00 bits per heavy atom. The highest BCUT2D eigenvalue weighted by atomic mass is 35.5. The van der Waals surface area contributed by atoms with Gasteiger partial charge in [-0.15, -0.1) is 11.3 Å². The Bertz CT molecular complexity index is 1460. The molecule has 1 aliphatic carbocycles. The zero-order valence-electron chi connectivity index (χ0n) is 21.1. The highest BCUT2D eigenvalue weighted by Crippen LogP contribution is 2.41. The van der Waals surface area contributed by atoms with Crippen LogP contribution in [0.3, 0.4) is 0 Å². The third kappa shape index (κ3) is 5.40. The van der Waals surface area contributed by atoms with E-state index in [1.807, 2.05) is 35.8 Å². The Kier molecular flexibility index (Phi) is 7.56. The van der Waals surface area contributed by atoms with Crippen molar-refractivity contribution < 1.29 is 17.4 Å². The molecule has 0 bridgehead atoms. The Labute approximate surface area is 236 Å². The molecular weight excluding hydrogens is 565 g/mol. The first-order valence-electron chi connectivity index (χ1n) is 13.2. The van der Waals surface area contributed by atoms with E-state index in [0.717, 1.165) is 63.0 Å². The minimum absolute atomic E-state index is 0.00354. The smallest absolute Gasteiger partial charge is 0.325 e. The van der Waals surface area contributed by atoms with Gasteiger partial charge in [0.25, 0.3) is 0 Å². The van der Waals surface area contributed by atoms with Crippen molar-refractivity contribution in [2.75, 3.05) is 13.1 Å². The number of halogens is 4. The number of thiazole rings is 1. The maximum atomic E-state index is 13.1. The molecule has 206 valence electrons. The number of rotatable bonds is 6. The maximum absolute atomic E-state index is 13.1. The number of alkyl halides is 3. The highest BCUT2D eigenvalue weighted by molar-refractivity contribution is 7.83. The molecule has 0 spiro atoms. The van der Waals surface area contributed by atoms with E-state index in [9.17, 15) is 17.4 Å². The highest BCUT2D eigenvalue weighted by Gasteiger charge is 2.42. The van der Waals surface area contributed by atoms with E-state index >= 15 is 0 Å². The van der Waals surface area contributed by atoms with Gasteiger partial charge in [0.2, 0.25) is 11.0 Å². The zero-order chi connectivity index (χ0) is 27.1. The molecule has 2 unspecified atom stereocenters. The van der Waals surface area contributed by atoms with E-state index in [1.54, 1.807) is 11.3 Å². The van der Waals surface area contributed by atoms with Gasteiger partial charge in [-0.25, -0.2) is 18.5 Å². The number of imidazole rings is 1. The fourth-order valence-corrected chi connectivity index (χ4v) is 7.84. The lowest BCUT2D eigenvalue weighted by Gasteiger charge is -2.33. The average molecular weight is 593 g/mol. The topological polar surface area (TPSA) is 51.0 Å². The Balaban J connectivity index is 1.41. The fourth-order valence-electron chi connectivity index (χ4n) is 6.09. The molecule has 11 heteroatoms. The number of hydrogen-bond donors (Lipinski definition) is 0. The number of hydrogen-bond acceptors (Lipinski definition) is 4. The molecule has 0 amide bonds. The molecule has 2 aliphatic rings. The van der Waals surface area contributed by atoms with E-state index < -0.39 is 16.5 Å². The lowest BCUT2D eigenvalue weighted by molar-refractivity contribution is -0.0434. The Hall–Kier alpha value is -2.27. The number of benzene rings is 2. The maximum Gasteiger partial charge on any atom is 0.485 e. The van der Waals surface area contributed by atoms with Crippen LogP contribution in [0.25, 0.3) is 11.0 Å². The van der Waals surface area contributed by atoms with E-state index in [4.69, 9.17) is 16.6 Å². The quantitative estimate of drug-likeness (QED) is 0.229. The molecule has 3 heterocycles. The summed E-state index contributed by atoms with van der Waals surface area (Å²) in [6.07, 6.45) is 7.24. The van der Waals surface area contributed by atoms with Crippen LogP contribution in [0.2, 0.25) is 5.02 Å². The second kappa shape index (κ2) is 11.0. The molecule has 4 aromatic rings. The van der Waals surface area contributed by atoms with Gasteiger partial charge < -0.3 is 4.57 Å². The number of fused-ring (bicyclic) bond motifs is 1. The van der Waals surface area contributed by atoms with Crippen LogP contribution in [0.4, 0.5) is 13.2 Å². The molecule has 1 aliphatic heterocycles. The zero-order valence-corrected chi connectivity index (χ0v) is 23.5. The standard InChI is InChI=1S/C28H28ClF3N4OS2/c29-21-8-5-18(6-9-21)25(27-33-13-16-38-27)20-7-10-23-24(17-20)36(26(34-23)19-3-1-2-4-19)22-11-14-35(15-12-22)39(37)28(30,31)32/h5-10,13,16-17,19,22,25H,1-4,11-12,14-15H2. The molecule has 2 aromatic carbocycles. The van der Waals surface area contributed by atoms with Crippen LogP contribution in [0.15, 0.2) is 54.0 Å².